The SMILES string of the molecule is Cc1ccc(S(=O)(=O)Nc2ccc3c(c2)C(=O)N([C@H](C)CO)C[C@H](C)[C@@H](CN(C)C(=O)CCCN(C)C)OCCCC[C@H](C)O3)cc1. The Balaban J connectivity index is 1.93. The highest BCUT2D eigenvalue weighted by molar-refractivity contribution is 7.92. The lowest BCUT2D eigenvalue weighted by atomic mass is 10.0. The fraction of sp³-hybridized carbons (Fsp3) is 0.600. The van der Waals surface area contributed by atoms with Gasteiger partial charge in [0.25, 0.3) is 15.9 Å². The quantitative estimate of drug-likeness (QED) is 0.359. The van der Waals surface area contributed by atoms with Crippen LogP contribution in [0, 0.1) is 12.8 Å². The maximum absolute atomic E-state index is 14.3. The Morgan fingerprint density at radius 2 is 1.81 bits per heavy atom. The topological polar surface area (TPSA) is 129 Å². The van der Waals surface area contributed by atoms with E-state index in [0.717, 1.165) is 37.8 Å². The van der Waals surface area contributed by atoms with E-state index in [-0.39, 0.29) is 53.3 Å². The first-order chi connectivity index (χ1) is 22.2. The Morgan fingerprint density at radius 3 is 2.47 bits per heavy atom. The first-order valence-electron chi connectivity index (χ1n) is 16.5. The molecule has 2 N–H and O–H groups in total. The third-order valence-corrected chi connectivity index (χ3v) is 9.91. The number of likely N-dealkylation sites (N-methyl/N-ethyl adjacent to an activating group) is 1. The van der Waals surface area contributed by atoms with Crippen LogP contribution in [0.5, 0.6) is 5.75 Å². The third-order valence-electron chi connectivity index (χ3n) is 8.51. The summed E-state index contributed by atoms with van der Waals surface area (Å²) in [7, 11) is 1.83. The Kier molecular flexibility index (Phi) is 14.5. The van der Waals surface area contributed by atoms with Gasteiger partial charge < -0.3 is 29.3 Å². The van der Waals surface area contributed by atoms with Gasteiger partial charge in [0.15, 0.2) is 0 Å². The lowest BCUT2D eigenvalue weighted by Crippen LogP contribution is -2.48. The molecule has 0 bridgehead atoms. The van der Waals surface area contributed by atoms with Crippen molar-refractivity contribution in [1.82, 2.24) is 14.7 Å². The van der Waals surface area contributed by atoms with Crippen molar-refractivity contribution >= 4 is 27.5 Å². The highest BCUT2D eigenvalue weighted by atomic mass is 32.2. The smallest absolute Gasteiger partial charge is 0.261 e. The van der Waals surface area contributed by atoms with Gasteiger partial charge in [-0.2, -0.15) is 0 Å². The number of carbonyl (C=O) groups is 2. The van der Waals surface area contributed by atoms with Crippen LogP contribution in [0.3, 0.4) is 0 Å². The number of ether oxygens (including phenoxy) is 2. The van der Waals surface area contributed by atoms with Gasteiger partial charge in [0.2, 0.25) is 5.91 Å². The van der Waals surface area contributed by atoms with E-state index in [2.05, 4.69) is 9.62 Å². The van der Waals surface area contributed by atoms with Gasteiger partial charge in [0.05, 0.1) is 35.3 Å². The van der Waals surface area contributed by atoms with Crippen molar-refractivity contribution in [3.05, 3.63) is 53.6 Å². The number of aryl methyl sites for hydroxylation is 1. The molecule has 0 saturated heterocycles. The summed E-state index contributed by atoms with van der Waals surface area (Å²) in [6.45, 7) is 9.23. The molecule has 0 radical (unpaired) electrons. The summed E-state index contributed by atoms with van der Waals surface area (Å²) in [5, 5.41) is 10.2. The van der Waals surface area contributed by atoms with E-state index in [4.69, 9.17) is 9.47 Å². The third kappa shape index (κ3) is 11.5. The second kappa shape index (κ2) is 17.8. The van der Waals surface area contributed by atoms with Crippen LogP contribution in [0.1, 0.15) is 68.8 Å². The molecule has 2 aromatic rings. The lowest BCUT2D eigenvalue weighted by molar-refractivity contribution is -0.132. The summed E-state index contributed by atoms with van der Waals surface area (Å²) in [6.07, 6.45) is 3.00. The second-order valence-corrected chi connectivity index (χ2v) is 14.8. The molecule has 3 rings (SSSR count). The van der Waals surface area contributed by atoms with E-state index in [9.17, 15) is 23.1 Å². The monoisotopic (exact) mass is 674 g/mol. The van der Waals surface area contributed by atoms with E-state index >= 15 is 0 Å². The number of aliphatic hydroxyl groups is 1. The van der Waals surface area contributed by atoms with Crippen molar-refractivity contribution in [1.29, 1.82) is 0 Å². The van der Waals surface area contributed by atoms with Crippen molar-refractivity contribution in [3.63, 3.8) is 0 Å². The zero-order valence-corrected chi connectivity index (χ0v) is 29.9. The molecule has 0 aliphatic carbocycles. The molecule has 4 atom stereocenters. The van der Waals surface area contributed by atoms with Gasteiger partial charge in [0, 0.05) is 44.8 Å². The number of carbonyl (C=O) groups excluding carboxylic acids is 2. The van der Waals surface area contributed by atoms with Crippen molar-refractivity contribution < 1.29 is 32.6 Å². The summed E-state index contributed by atoms with van der Waals surface area (Å²) in [5.74, 6) is -0.212. The minimum Gasteiger partial charge on any atom is -0.490 e. The van der Waals surface area contributed by atoms with Gasteiger partial charge in [-0.3, -0.25) is 14.3 Å². The molecule has 2 amide bonds. The number of aliphatic hydroxyl groups excluding tert-OH is 1. The predicted octanol–water partition coefficient (Wildman–Crippen LogP) is 4.39. The molecule has 47 heavy (non-hydrogen) atoms. The van der Waals surface area contributed by atoms with Crippen LogP contribution in [0.2, 0.25) is 0 Å². The van der Waals surface area contributed by atoms with Crippen LogP contribution in [-0.4, -0.2) is 112 Å². The number of nitrogens with zero attached hydrogens (tertiary/aromatic N) is 3. The van der Waals surface area contributed by atoms with E-state index in [1.54, 1.807) is 48.0 Å². The average Bonchev–Trinajstić information content (AvgIpc) is 3.02. The van der Waals surface area contributed by atoms with Gasteiger partial charge in [0.1, 0.15) is 5.75 Å². The normalized spacial score (nSPS) is 20.6. The molecule has 11 nitrogen and oxygen atoms in total. The summed E-state index contributed by atoms with van der Waals surface area (Å²) < 4.78 is 41.6. The summed E-state index contributed by atoms with van der Waals surface area (Å²) in [4.78, 5) is 32.7. The van der Waals surface area contributed by atoms with E-state index in [1.807, 2.05) is 34.9 Å². The zero-order chi connectivity index (χ0) is 34.7. The molecular formula is C35H54N4O7S. The van der Waals surface area contributed by atoms with Crippen LogP contribution >= 0.6 is 0 Å². The number of amides is 2. The van der Waals surface area contributed by atoms with Crippen LogP contribution in [0.4, 0.5) is 5.69 Å². The lowest BCUT2D eigenvalue weighted by Gasteiger charge is -2.36. The standard InChI is InChI=1S/C35H54N4O7S/c1-25-13-16-30(17-14-25)47(43,44)36-29-15-18-32-31(21-29)35(42)39(27(3)24-40)22-26(2)33(45-20-9-8-11-28(4)46-32)23-38(7)34(41)12-10-19-37(5)6/h13-18,21,26-28,33,36,40H,8-12,19-20,22-24H2,1-7H3/t26-,27+,28-,33+/m0/s1. The highest BCUT2D eigenvalue weighted by Crippen LogP contribution is 2.29. The summed E-state index contributed by atoms with van der Waals surface area (Å²) in [5.41, 5.74) is 1.34. The molecule has 0 unspecified atom stereocenters. The van der Waals surface area contributed by atoms with Crippen molar-refractivity contribution in [2.45, 2.75) is 82.9 Å². The van der Waals surface area contributed by atoms with Crippen LogP contribution in [-0.2, 0) is 19.6 Å². The number of sulfonamides is 1. The number of benzene rings is 2. The molecule has 0 fully saturated rings. The first-order valence-corrected chi connectivity index (χ1v) is 18.0. The minimum atomic E-state index is -3.92. The number of hydrogen-bond acceptors (Lipinski definition) is 8. The maximum Gasteiger partial charge on any atom is 0.261 e. The molecule has 1 aliphatic rings. The number of rotatable bonds is 11. The summed E-state index contributed by atoms with van der Waals surface area (Å²) in [6, 6.07) is 10.7. The Morgan fingerprint density at radius 1 is 1.11 bits per heavy atom. The Hall–Kier alpha value is -3.19. The van der Waals surface area contributed by atoms with E-state index in [1.165, 1.54) is 18.2 Å². The van der Waals surface area contributed by atoms with Gasteiger partial charge in [-0.05, 0) is 97.4 Å². The van der Waals surface area contributed by atoms with Gasteiger partial charge in [-0.25, -0.2) is 8.42 Å². The van der Waals surface area contributed by atoms with Gasteiger partial charge in [-0.1, -0.05) is 24.6 Å². The molecule has 0 aromatic heterocycles. The highest BCUT2D eigenvalue weighted by Gasteiger charge is 2.31. The predicted molar refractivity (Wildman–Crippen MR) is 184 cm³/mol. The fourth-order valence-corrected chi connectivity index (χ4v) is 6.54. The summed E-state index contributed by atoms with van der Waals surface area (Å²) >= 11 is 0. The largest absolute Gasteiger partial charge is 0.490 e. The molecule has 12 heteroatoms. The molecule has 2 aromatic carbocycles. The first kappa shape index (κ1) is 38.3. The second-order valence-electron chi connectivity index (χ2n) is 13.1. The van der Waals surface area contributed by atoms with Crippen molar-refractivity contribution in [2.24, 2.45) is 5.92 Å². The molecule has 0 spiro atoms. The fourth-order valence-electron chi connectivity index (χ4n) is 5.49. The van der Waals surface area contributed by atoms with Crippen LogP contribution in [0.15, 0.2) is 47.4 Å². The zero-order valence-electron chi connectivity index (χ0n) is 29.1. The molecule has 0 saturated carbocycles. The van der Waals surface area contributed by atoms with Crippen LogP contribution < -0.4 is 9.46 Å². The van der Waals surface area contributed by atoms with Gasteiger partial charge >= 0.3 is 0 Å². The molecular weight excluding hydrogens is 620 g/mol. The average molecular weight is 675 g/mol. The van der Waals surface area contributed by atoms with E-state index in [0.29, 0.717) is 25.3 Å². The minimum absolute atomic E-state index is 0.0410. The number of nitrogens with one attached hydrogen (secondary N) is 1. The van der Waals surface area contributed by atoms with Crippen LogP contribution in [0.25, 0.3) is 0 Å². The molecule has 262 valence electrons. The Labute approximate surface area is 281 Å². The Bertz CT molecular complexity index is 1420. The van der Waals surface area contributed by atoms with Crippen molar-refractivity contribution in [3.8, 4) is 5.75 Å². The maximum atomic E-state index is 14.3. The van der Waals surface area contributed by atoms with Gasteiger partial charge in [-0.15, -0.1) is 0 Å². The number of anilines is 1. The number of fused-ring (bicyclic) bond motifs is 1. The molecule has 1 aliphatic heterocycles. The van der Waals surface area contributed by atoms with Crippen molar-refractivity contribution in [2.75, 3.05) is 58.7 Å². The van der Waals surface area contributed by atoms with E-state index < -0.39 is 22.0 Å². The molecule has 1 heterocycles. The number of hydrogen-bond donors (Lipinski definition) is 2.